The number of furan rings is 1. The van der Waals surface area contributed by atoms with E-state index in [4.69, 9.17) is 31.7 Å². The van der Waals surface area contributed by atoms with Gasteiger partial charge in [0.25, 0.3) is 17.6 Å². The molecule has 0 saturated carbocycles. The van der Waals surface area contributed by atoms with E-state index in [0.717, 1.165) is 35.2 Å². The summed E-state index contributed by atoms with van der Waals surface area (Å²) in [6, 6.07) is 21.4. The summed E-state index contributed by atoms with van der Waals surface area (Å²) < 4.78 is 38.4. The number of alkyl halides is 3. The molecule has 21 nitrogen and oxygen atoms in total. The fourth-order valence-electron chi connectivity index (χ4n) is 7.48. The lowest BCUT2D eigenvalue weighted by atomic mass is 9.98. The minimum absolute atomic E-state index is 0.0877. The highest BCUT2D eigenvalue weighted by Crippen LogP contribution is 2.38. The Hall–Kier alpha value is -8.06. The molecule has 0 radical (unpaired) electrons. The van der Waals surface area contributed by atoms with E-state index in [0.29, 0.717) is 85.7 Å². The van der Waals surface area contributed by atoms with Crippen molar-refractivity contribution < 1.29 is 47.0 Å². The Morgan fingerprint density at radius 3 is 2.16 bits per heavy atom. The highest BCUT2D eigenvalue weighted by atomic mass is 35.5. The lowest BCUT2D eigenvalue weighted by Crippen LogP contribution is -2.31. The number of likely N-dealkylation sites (tertiary alicyclic amines) is 1. The smallest absolute Gasteiger partial charge is 0.475 e. The topological polar surface area (TPSA) is 293 Å². The fourth-order valence-corrected chi connectivity index (χ4v) is 7.75. The first-order chi connectivity index (χ1) is 34.8. The maximum absolute atomic E-state index is 13.3. The number of fused-ring (bicyclic) bond motifs is 1. The summed E-state index contributed by atoms with van der Waals surface area (Å²) in [4.78, 5) is 71.7. The first kappa shape index (κ1) is 52.8. The van der Waals surface area contributed by atoms with Gasteiger partial charge in [-0.15, -0.1) is 5.10 Å². The third kappa shape index (κ3) is 14.3. The van der Waals surface area contributed by atoms with Crippen LogP contribution >= 0.6 is 11.6 Å². The third-order valence-corrected chi connectivity index (χ3v) is 11.6. The standard InChI is InChI=1S/C46H49ClN14O5.C2HF3O2/c1-28-31(32-8-4-10-34(39(32)47)55-42(64)36-16-14-30(25-53-36)26-60-21-17-46(2,65)27-60)7-3-9-33(28)54-41(63)35-15-13-29(24-52-35)23-49-19-20-50-38(62)12-5-18-51-44-57-43(48)61-45(58-44)56-40(59-61)37-11-6-22-66-37;3-2(4,5)1(6)7/h3-4,6-11,13-16,22,24-25,49,65H,5,12,17-21,23,26-27H2,1-2H3,(H,50,62)(H,54,63)(H,55,64)(H3,48,51,56,57,58,59);(H,6,7). The maximum atomic E-state index is 13.3. The number of aliphatic carboxylic acids is 1. The molecule has 1 atom stereocenters. The Bertz CT molecular complexity index is 3060. The van der Waals surface area contributed by atoms with E-state index >= 15 is 0 Å². The van der Waals surface area contributed by atoms with Gasteiger partial charge in [0.2, 0.25) is 23.6 Å². The number of hydrogen-bond acceptors (Lipinski definition) is 16. The van der Waals surface area contributed by atoms with Gasteiger partial charge in [-0.05, 0) is 85.3 Å². The molecular formula is C48H50ClF3N14O7. The molecule has 0 aliphatic carbocycles. The van der Waals surface area contributed by atoms with Crippen LogP contribution in [0.25, 0.3) is 28.5 Å². The molecule has 9 N–H and O–H groups in total. The second kappa shape index (κ2) is 23.4. The highest BCUT2D eigenvalue weighted by molar-refractivity contribution is 6.36. The number of aromatic nitrogens is 7. The second-order valence-corrected chi connectivity index (χ2v) is 17.4. The van der Waals surface area contributed by atoms with Crippen LogP contribution in [0.15, 0.2) is 95.9 Å². The van der Waals surface area contributed by atoms with Gasteiger partial charge in [-0.3, -0.25) is 29.3 Å². The summed E-state index contributed by atoms with van der Waals surface area (Å²) in [5, 5.41) is 37.1. The molecule has 1 unspecified atom stereocenters. The minimum Gasteiger partial charge on any atom is -0.475 e. The van der Waals surface area contributed by atoms with Crippen LogP contribution in [-0.2, 0) is 22.7 Å². The molecule has 25 heteroatoms. The van der Waals surface area contributed by atoms with Crippen LogP contribution in [0.4, 0.5) is 36.4 Å². The van der Waals surface area contributed by atoms with E-state index in [1.54, 1.807) is 54.9 Å². The zero-order valence-electron chi connectivity index (χ0n) is 39.3. The number of aliphatic hydroxyl groups is 1. The number of nitrogens with one attached hydrogen (secondary N) is 5. The summed E-state index contributed by atoms with van der Waals surface area (Å²) in [5.41, 5.74) is 10.9. The highest BCUT2D eigenvalue weighted by Gasteiger charge is 2.38. The largest absolute Gasteiger partial charge is 0.490 e. The molecule has 382 valence electrons. The van der Waals surface area contributed by atoms with E-state index in [9.17, 15) is 32.7 Å². The molecule has 5 aromatic heterocycles. The lowest BCUT2D eigenvalue weighted by Gasteiger charge is -2.18. The maximum Gasteiger partial charge on any atom is 0.490 e. The molecule has 8 rings (SSSR count). The zero-order chi connectivity index (χ0) is 52.3. The number of carbonyl (C=O) groups is 4. The number of carboxylic acid groups (broad SMARTS) is 1. The minimum atomic E-state index is -5.08. The average Bonchev–Trinajstić information content (AvgIpc) is 4.13. The average molecular weight is 1030 g/mol. The molecule has 1 aliphatic heterocycles. The van der Waals surface area contributed by atoms with Crippen molar-refractivity contribution in [2.75, 3.05) is 54.4 Å². The number of carboxylic acids is 1. The summed E-state index contributed by atoms with van der Waals surface area (Å²) in [6.07, 6.45) is 1.32. The number of carbonyl (C=O) groups excluding carboxylic acids is 3. The van der Waals surface area contributed by atoms with Crippen molar-refractivity contribution in [3.8, 4) is 22.7 Å². The Balaban J connectivity index is 0.00000104. The number of hydrogen-bond donors (Lipinski definition) is 8. The van der Waals surface area contributed by atoms with E-state index in [1.165, 1.54) is 10.8 Å². The first-order valence-corrected chi connectivity index (χ1v) is 23.0. The van der Waals surface area contributed by atoms with Crippen molar-refractivity contribution in [2.24, 2.45) is 0 Å². The predicted octanol–water partition coefficient (Wildman–Crippen LogP) is 5.97. The molecule has 0 bridgehead atoms. The van der Waals surface area contributed by atoms with Crippen LogP contribution in [0.3, 0.4) is 0 Å². The summed E-state index contributed by atoms with van der Waals surface area (Å²) in [6.45, 7) is 7.66. The lowest BCUT2D eigenvalue weighted by molar-refractivity contribution is -0.192. The van der Waals surface area contributed by atoms with Crippen molar-refractivity contribution in [1.29, 1.82) is 0 Å². The molecule has 1 fully saturated rings. The van der Waals surface area contributed by atoms with Gasteiger partial charge < -0.3 is 46.9 Å². The predicted molar refractivity (Wildman–Crippen MR) is 263 cm³/mol. The number of benzene rings is 2. The van der Waals surface area contributed by atoms with Crippen LogP contribution in [0, 0.1) is 6.92 Å². The van der Waals surface area contributed by atoms with Gasteiger partial charge in [0.15, 0.2) is 5.76 Å². The van der Waals surface area contributed by atoms with Crippen LogP contribution < -0.4 is 32.3 Å². The number of amides is 3. The number of anilines is 4. The molecule has 3 amide bonds. The number of nitrogen functional groups attached to an aromatic ring is 1. The van der Waals surface area contributed by atoms with Gasteiger partial charge in [0.1, 0.15) is 11.4 Å². The number of rotatable bonds is 18. The summed E-state index contributed by atoms with van der Waals surface area (Å²) in [5.74, 6) is -2.13. The molecule has 1 aliphatic rings. The van der Waals surface area contributed by atoms with Crippen molar-refractivity contribution in [3.63, 3.8) is 0 Å². The number of nitrogens with zero attached hydrogens (tertiary/aromatic N) is 8. The quantitative estimate of drug-likeness (QED) is 0.0459. The summed E-state index contributed by atoms with van der Waals surface area (Å²) >= 11 is 6.90. The Labute approximate surface area is 419 Å². The van der Waals surface area contributed by atoms with E-state index in [-0.39, 0.29) is 40.9 Å². The Morgan fingerprint density at radius 1 is 0.863 bits per heavy atom. The number of β-amino-alcohol motifs (C(OH)–C–C–N with tert-alkyl or cyclic N) is 1. The van der Waals surface area contributed by atoms with Crippen LogP contribution in [0.1, 0.15) is 63.9 Å². The van der Waals surface area contributed by atoms with Crippen molar-refractivity contribution in [1.82, 2.24) is 50.1 Å². The Kier molecular flexibility index (Phi) is 16.9. The molecule has 0 spiro atoms. The normalized spacial score (nSPS) is 14.6. The molecule has 73 heavy (non-hydrogen) atoms. The molecule has 2 aromatic carbocycles. The zero-order valence-corrected chi connectivity index (χ0v) is 40.1. The van der Waals surface area contributed by atoms with Gasteiger partial charge >= 0.3 is 12.1 Å². The van der Waals surface area contributed by atoms with Crippen molar-refractivity contribution in [3.05, 3.63) is 125 Å². The van der Waals surface area contributed by atoms with E-state index in [1.807, 2.05) is 44.2 Å². The van der Waals surface area contributed by atoms with Gasteiger partial charge in [-0.1, -0.05) is 48.0 Å². The number of halogens is 4. The Morgan fingerprint density at radius 2 is 1.53 bits per heavy atom. The van der Waals surface area contributed by atoms with Crippen LogP contribution in [0.2, 0.25) is 5.02 Å². The van der Waals surface area contributed by atoms with Gasteiger partial charge in [-0.2, -0.15) is 32.6 Å². The van der Waals surface area contributed by atoms with E-state index in [2.05, 4.69) is 61.5 Å². The SMILES string of the molecule is Cc1c(NC(=O)c2ccc(CNCCNC(=O)CCCNc3nc(N)n4nc(-c5ccco5)nc4n3)cn2)cccc1-c1cccc(NC(=O)c2ccc(CN3CCC(C)(O)C3)cn2)c1Cl.O=C(O)C(F)(F)F. The monoisotopic (exact) mass is 1030 g/mol. The van der Waals surface area contributed by atoms with E-state index < -0.39 is 23.7 Å². The first-order valence-electron chi connectivity index (χ1n) is 22.6. The van der Waals surface area contributed by atoms with Crippen molar-refractivity contribution >= 4 is 64.3 Å². The third-order valence-electron chi connectivity index (χ3n) is 11.2. The fraction of sp³-hybridized carbons (Fsp3) is 0.292. The molecular weight excluding hydrogens is 977 g/mol. The molecule has 1 saturated heterocycles. The molecule has 7 aromatic rings. The van der Waals surface area contributed by atoms with Crippen LogP contribution in [-0.4, -0.2) is 118 Å². The van der Waals surface area contributed by atoms with Gasteiger partial charge in [0, 0.05) is 75.9 Å². The molecule has 6 heterocycles. The van der Waals surface area contributed by atoms with Crippen LogP contribution in [0.5, 0.6) is 0 Å². The number of nitrogens with two attached hydrogens (primary N) is 1. The second-order valence-electron chi connectivity index (χ2n) is 17.0. The number of pyridine rings is 2. The van der Waals surface area contributed by atoms with Gasteiger partial charge in [0.05, 0.1) is 22.6 Å². The van der Waals surface area contributed by atoms with Crippen molar-refractivity contribution in [2.45, 2.75) is 58.0 Å². The van der Waals surface area contributed by atoms with Gasteiger partial charge in [-0.25, -0.2) is 4.79 Å². The summed E-state index contributed by atoms with van der Waals surface area (Å²) in [7, 11) is 0.